The van der Waals surface area contributed by atoms with Gasteiger partial charge in [0.15, 0.2) is 0 Å². The van der Waals surface area contributed by atoms with Gasteiger partial charge in [-0.2, -0.15) is 0 Å². The van der Waals surface area contributed by atoms with Gasteiger partial charge in [-0.05, 0) is 36.4 Å². The van der Waals surface area contributed by atoms with Crippen molar-refractivity contribution in [3.05, 3.63) is 54.1 Å². The second-order valence-corrected chi connectivity index (χ2v) is 8.20. The topological polar surface area (TPSA) is 96.0 Å². The van der Waals surface area contributed by atoms with E-state index in [2.05, 4.69) is 5.32 Å². The molecular weight excluding hydrogens is 382 g/mol. The molecule has 0 saturated heterocycles. The van der Waals surface area contributed by atoms with E-state index in [0.29, 0.717) is 22.7 Å². The number of nitrogens with one attached hydrogen (secondary N) is 1. The summed E-state index contributed by atoms with van der Waals surface area (Å²) in [6.07, 6.45) is 1.02. The van der Waals surface area contributed by atoms with Crippen molar-refractivity contribution in [3.63, 3.8) is 0 Å². The Hall–Kier alpha value is -3.07. The van der Waals surface area contributed by atoms with Crippen LogP contribution in [0.1, 0.15) is 10.4 Å². The number of carbonyl (C=O) groups is 2. The minimum atomic E-state index is -3.72. The monoisotopic (exact) mass is 405 g/mol. The van der Waals surface area contributed by atoms with Gasteiger partial charge in [-0.3, -0.25) is 13.9 Å². The van der Waals surface area contributed by atoms with Gasteiger partial charge >= 0.3 is 0 Å². The lowest BCUT2D eigenvalue weighted by atomic mass is 10.2. The minimum absolute atomic E-state index is 0.201. The summed E-state index contributed by atoms with van der Waals surface area (Å²) < 4.78 is 30.5. The summed E-state index contributed by atoms with van der Waals surface area (Å²) in [6.45, 7) is -0.406. The maximum atomic E-state index is 12.4. The van der Waals surface area contributed by atoms with Crippen LogP contribution in [-0.2, 0) is 14.8 Å². The van der Waals surface area contributed by atoms with Crippen LogP contribution >= 0.6 is 0 Å². The third kappa shape index (κ3) is 5.46. The van der Waals surface area contributed by atoms with Gasteiger partial charge in [0.1, 0.15) is 12.3 Å². The Morgan fingerprint density at radius 3 is 2.25 bits per heavy atom. The van der Waals surface area contributed by atoms with Gasteiger partial charge in [0.25, 0.3) is 5.91 Å². The summed E-state index contributed by atoms with van der Waals surface area (Å²) in [5, 5.41) is 2.65. The van der Waals surface area contributed by atoms with Gasteiger partial charge in [0.05, 0.1) is 19.1 Å². The second kappa shape index (κ2) is 8.75. The van der Waals surface area contributed by atoms with Crippen LogP contribution < -0.4 is 14.4 Å². The zero-order valence-corrected chi connectivity index (χ0v) is 17.0. The maximum absolute atomic E-state index is 12.4. The molecule has 0 aliphatic rings. The molecule has 0 aromatic heterocycles. The van der Waals surface area contributed by atoms with Crippen LogP contribution in [0.15, 0.2) is 48.5 Å². The molecule has 2 aromatic rings. The van der Waals surface area contributed by atoms with Gasteiger partial charge < -0.3 is 15.0 Å². The van der Waals surface area contributed by atoms with Crippen LogP contribution in [0.2, 0.25) is 0 Å². The Labute approximate surface area is 164 Å². The lowest BCUT2D eigenvalue weighted by Gasteiger charge is -2.22. The Kier molecular flexibility index (Phi) is 6.63. The fraction of sp³-hybridized carbons (Fsp3) is 0.263. The molecular formula is C19H23N3O5S. The van der Waals surface area contributed by atoms with Crippen molar-refractivity contribution in [1.29, 1.82) is 0 Å². The molecule has 1 N–H and O–H groups in total. The first-order valence-electron chi connectivity index (χ1n) is 8.35. The number of amides is 2. The van der Waals surface area contributed by atoms with Crippen LogP contribution in [0.4, 0.5) is 11.4 Å². The number of hydrogen-bond acceptors (Lipinski definition) is 5. The van der Waals surface area contributed by atoms with E-state index < -0.39 is 22.5 Å². The Morgan fingerprint density at radius 2 is 1.71 bits per heavy atom. The number of ether oxygens (including phenoxy) is 1. The van der Waals surface area contributed by atoms with E-state index in [1.165, 1.54) is 36.3 Å². The van der Waals surface area contributed by atoms with Crippen molar-refractivity contribution >= 4 is 33.2 Å². The molecule has 0 bridgehead atoms. The Bertz CT molecular complexity index is 956. The fourth-order valence-corrected chi connectivity index (χ4v) is 3.32. The summed E-state index contributed by atoms with van der Waals surface area (Å²) in [4.78, 5) is 25.8. The van der Waals surface area contributed by atoms with E-state index >= 15 is 0 Å². The summed E-state index contributed by atoms with van der Waals surface area (Å²) in [6, 6.07) is 12.8. The van der Waals surface area contributed by atoms with Crippen molar-refractivity contribution in [2.45, 2.75) is 0 Å². The summed E-state index contributed by atoms with van der Waals surface area (Å²) >= 11 is 0. The normalized spacial score (nSPS) is 10.9. The molecule has 28 heavy (non-hydrogen) atoms. The molecule has 0 aliphatic heterocycles. The molecule has 0 heterocycles. The number of carbonyl (C=O) groups excluding carboxylic acids is 2. The van der Waals surface area contributed by atoms with Gasteiger partial charge in [-0.15, -0.1) is 0 Å². The highest BCUT2D eigenvalue weighted by Crippen LogP contribution is 2.20. The fourth-order valence-electron chi connectivity index (χ4n) is 2.46. The zero-order chi connectivity index (χ0) is 20.9. The lowest BCUT2D eigenvalue weighted by Crippen LogP contribution is -2.37. The first kappa shape index (κ1) is 21.2. The van der Waals surface area contributed by atoms with Crippen LogP contribution in [0.5, 0.6) is 5.75 Å². The number of nitrogens with zero attached hydrogens (tertiary/aromatic N) is 2. The zero-order valence-electron chi connectivity index (χ0n) is 16.2. The van der Waals surface area contributed by atoms with Crippen molar-refractivity contribution in [3.8, 4) is 5.75 Å². The highest BCUT2D eigenvalue weighted by atomic mass is 32.2. The number of hydrogen-bond donors (Lipinski definition) is 1. The highest BCUT2D eigenvalue weighted by Gasteiger charge is 2.21. The molecule has 2 rings (SSSR count). The van der Waals surface area contributed by atoms with E-state index in [-0.39, 0.29) is 5.91 Å². The van der Waals surface area contributed by atoms with Crippen molar-refractivity contribution in [2.75, 3.05) is 43.6 Å². The molecule has 0 radical (unpaired) electrons. The van der Waals surface area contributed by atoms with E-state index in [9.17, 15) is 18.0 Å². The van der Waals surface area contributed by atoms with Crippen LogP contribution in [-0.4, -0.2) is 59.1 Å². The van der Waals surface area contributed by atoms with Crippen LogP contribution in [0.3, 0.4) is 0 Å². The van der Waals surface area contributed by atoms with E-state index in [4.69, 9.17) is 4.74 Å². The number of rotatable bonds is 7. The second-order valence-electron chi connectivity index (χ2n) is 6.30. The Morgan fingerprint density at radius 1 is 1.07 bits per heavy atom. The largest absolute Gasteiger partial charge is 0.497 e. The molecule has 0 unspecified atom stereocenters. The van der Waals surface area contributed by atoms with E-state index in [1.807, 2.05) is 0 Å². The number of benzene rings is 2. The molecule has 8 nitrogen and oxygen atoms in total. The molecule has 9 heteroatoms. The van der Waals surface area contributed by atoms with E-state index in [0.717, 1.165) is 10.6 Å². The SMILES string of the molecule is COc1cccc(NC(=O)CN(c2ccc(C(=O)N(C)C)cc2)S(C)(=O)=O)c1. The summed E-state index contributed by atoms with van der Waals surface area (Å²) in [5.41, 5.74) is 1.20. The van der Waals surface area contributed by atoms with Crippen LogP contribution in [0, 0.1) is 0 Å². The molecule has 2 amide bonds. The van der Waals surface area contributed by atoms with Crippen molar-refractivity contribution < 1.29 is 22.7 Å². The predicted molar refractivity (Wildman–Crippen MR) is 108 cm³/mol. The minimum Gasteiger partial charge on any atom is -0.497 e. The highest BCUT2D eigenvalue weighted by molar-refractivity contribution is 7.92. The smallest absolute Gasteiger partial charge is 0.253 e. The molecule has 2 aromatic carbocycles. The summed E-state index contributed by atoms with van der Waals surface area (Å²) in [5.74, 6) is -0.140. The molecule has 0 fully saturated rings. The van der Waals surface area contributed by atoms with Gasteiger partial charge in [-0.25, -0.2) is 8.42 Å². The lowest BCUT2D eigenvalue weighted by molar-refractivity contribution is -0.114. The standard InChI is InChI=1S/C19H23N3O5S/c1-21(2)19(24)14-8-10-16(11-9-14)22(28(4,25)26)13-18(23)20-15-6-5-7-17(12-15)27-3/h5-12H,13H2,1-4H3,(H,20,23). The number of anilines is 2. The third-order valence-electron chi connectivity index (χ3n) is 3.85. The molecule has 0 saturated carbocycles. The van der Waals surface area contributed by atoms with Gasteiger partial charge in [0, 0.05) is 31.4 Å². The van der Waals surface area contributed by atoms with Crippen molar-refractivity contribution in [1.82, 2.24) is 4.90 Å². The Balaban J connectivity index is 2.20. The first-order chi connectivity index (χ1) is 13.1. The maximum Gasteiger partial charge on any atom is 0.253 e. The molecule has 0 spiro atoms. The molecule has 150 valence electrons. The quantitative estimate of drug-likeness (QED) is 0.758. The van der Waals surface area contributed by atoms with Crippen LogP contribution in [0.25, 0.3) is 0 Å². The average molecular weight is 405 g/mol. The van der Waals surface area contributed by atoms with Crippen molar-refractivity contribution in [2.24, 2.45) is 0 Å². The summed E-state index contributed by atoms with van der Waals surface area (Å²) in [7, 11) is 1.05. The first-order valence-corrected chi connectivity index (χ1v) is 10.2. The molecule has 0 atom stereocenters. The number of sulfonamides is 1. The van der Waals surface area contributed by atoms with E-state index in [1.54, 1.807) is 38.4 Å². The predicted octanol–water partition coefficient (Wildman–Crippen LogP) is 1.80. The molecule has 0 aliphatic carbocycles. The van der Waals surface area contributed by atoms with Gasteiger partial charge in [0.2, 0.25) is 15.9 Å². The third-order valence-corrected chi connectivity index (χ3v) is 4.99. The van der Waals surface area contributed by atoms with Gasteiger partial charge in [-0.1, -0.05) is 6.07 Å². The number of methoxy groups -OCH3 is 1. The average Bonchev–Trinajstić information content (AvgIpc) is 2.65.